The van der Waals surface area contributed by atoms with E-state index >= 15 is 0 Å². The molecule has 1 aromatic rings. The number of aromatic nitrogens is 1. The van der Waals surface area contributed by atoms with Gasteiger partial charge in [-0.15, -0.1) is 24.8 Å². The minimum Gasteiger partial charge on any atom is -0.346 e. The number of carbonyl (C=O) groups excluding carboxylic acids is 2. The predicted octanol–water partition coefficient (Wildman–Crippen LogP) is 1.42. The number of nitrogens with one attached hydrogen (secondary N) is 1. The van der Waals surface area contributed by atoms with Crippen LogP contribution < -0.4 is 11.1 Å². The average Bonchev–Trinajstić information content (AvgIpc) is 2.49. The van der Waals surface area contributed by atoms with Crippen molar-refractivity contribution in [2.75, 3.05) is 20.1 Å². The molecule has 1 atom stereocenters. The van der Waals surface area contributed by atoms with Gasteiger partial charge in [0.1, 0.15) is 0 Å². The Morgan fingerprint density at radius 1 is 1.29 bits per heavy atom. The summed E-state index contributed by atoms with van der Waals surface area (Å²) in [5.74, 6) is -0.454. The summed E-state index contributed by atoms with van der Waals surface area (Å²) in [6, 6.07) is 5.05. The molecular formula is C16H28Cl2N4O2. The molecule has 3 N–H and O–H groups in total. The molecule has 1 aromatic heterocycles. The number of rotatable bonds is 6. The van der Waals surface area contributed by atoms with E-state index in [1.165, 1.54) is 0 Å². The Balaban J connectivity index is 0. The number of nitrogens with two attached hydrogens (primary N) is 1. The van der Waals surface area contributed by atoms with E-state index in [2.05, 4.69) is 10.3 Å². The molecule has 0 saturated carbocycles. The Hall–Kier alpha value is -1.37. The first-order valence-corrected chi connectivity index (χ1v) is 7.39. The fourth-order valence-corrected chi connectivity index (χ4v) is 1.75. The van der Waals surface area contributed by atoms with Gasteiger partial charge >= 0.3 is 0 Å². The van der Waals surface area contributed by atoms with Crippen molar-refractivity contribution in [3.05, 3.63) is 30.1 Å². The van der Waals surface area contributed by atoms with Gasteiger partial charge in [0, 0.05) is 31.9 Å². The largest absolute Gasteiger partial charge is 0.346 e. The molecule has 0 unspecified atom stereocenters. The summed E-state index contributed by atoms with van der Waals surface area (Å²) in [4.78, 5) is 29.7. The molecule has 8 heteroatoms. The molecule has 1 heterocycles. The molecule has 0 aliphatic rings. The van der Waals surface area contributed by atoms with Crippen LogP contribution in [0.1, 0.15) is 26.5 Å². The maximum atomic E-state index is 12.0. The molecule has 1 rings (SSSR count). The average molecular weight is 379 g/mol. The summed E-state index contributed by atoms with van der Waals surface area (Å²) < 4.78 is 0. The summed E-state index contributed by atoms with van der Waals surface area (Å²) in [7, 11) is 1.71. The zero-order valence-corrected chi connectivity index (χ0v) is 16.2. The Morgan fingerprint density at radius 3 is 2.42 bits per heavy atom. The van der Waals surface area contributed by atoms with Gasteiger partial charge in [-0.05, 0) is 17.5 Å². The molecule has 0 aromatic carbocycles. The van der Waals surface area contributed by atoms with Gasteiger partial charge in [-0.25, -0.2) is 0 Å². The smallest absolute Gasteiger partial charge is 0.241 e. The Kier molecular flexibility index (Phi) is 11.6. The Labute approximate surface area is 156 Å². The third kappa shape index (κ3) is 8.47. The van der Waals surface area contributed by atoms with Crippen LogP contribution >= 0.6 is 24.8 Å². The lowest BCUT2D eigenvalue weighted by Gasteiger charge is -2.26. The lowest BCUT2D eigenvalue weighted by molar-refractivity contribution is -0.132. The number of likely N-dealkylation sites (N-methyl/N-ethyl adjacent to an activating group) is 1. The van der Waals surface area contributed by atoms with Crippen LogP contribution in [0.4, 0.5) is 0 Å². The van der Waals surface area contributed by atoms with E-state index in [0.717, 1.165) is 5.69 Å². The highest BCUT2D eigenvalue weighted by atomic mass is 35.5. The van der Waals surface area contributed by atoms with Gasteiger partial charge in [-0.2, -0.15) is 0 Å². The minimum atomic E-state index is -0.640. The number of pyridine rings is 1. The van der Waals surface area contributed by atoms with Gasteiger partial charge in [0.25, 0.3) is 0 Å². The second-order valence-corrected chi connectivity index (χ2v) is 6.45. The minimum absolute atomic E-state index is 0. The number of carbonyl (C=O) groups is 2. The van der Waals surface area contributed by atoms with Crippen LogP contribution in [0.2, 0.25) is 0 Å². The van der Waals surface area contributed by atoms with Crippen LogP contribution in [0.5, 0.6) is 0 Å². The van der Waals surface area contributed by atoms with Crippen molar-refractivity contribution in [3.8, 4) is 0 Å². The van der Waals surface area contributed by atoms with Gasteiger partial charge in [0.2, 0.25) is 11.8 Å². The number of hydrogen-bond donors (Lipinski definition) is 2. The second-order valence-electron chi connectivity index (χ2n) is 6.45. The highest BCUT2D eigenvalue weighted by Gasteiger charge is 2.27. The molecule has 0 radical (unpaired) electrons. The third-order valence-electron chi connectivity index (χ3n) is 3.48. The van der Waals surface area contributed by atoms with Crippen LogP contribution in [-0.4, -0.2) is 47.9 Å². The summed E-state index contributed by atoms with van der Waals surface area (Å²) in [6.07, 6.45) is 2.41. The van der Waals surface area contributed by atoms with Crippen LogP contribution in [0.25, 0.3) is 0 Å². The van der Waals surface area contributed by atoms with Gasteiger partial charge in [-0.1, -0.05) is 26.8 Å². The number of amides is 2. The zero-order valence-electron chi connectivity index (χ0n) is 14.6. The maximum absolute atomic E-state index is 12.0. The fraction of sp³-hybridized carbons (Fsp3) is 0.562. The molecule has 0 bridgehead atoms. The molecule has 24 heavy (non-hydrogen) atoms. The quantitative estimate of drug-likeness (QED) is 0.783. The first-order valence-electron chi connectivity index (χ1n) is 7.39. The van der Waals surface area contributed by atoms with E-state index in [0.29, 0.717) is 13.0 Å². The standard InChI is InChI=1S/C16H26N4O2.2ClH/c1-16(2,3)14(17)15(22)19-11-13(21)20(4)10-8-12-7-5-6-9-18-12;;/h5-7,9,14H,8,10-11,17H2,1-4H3,(H,19,22);2*1H/t14-;;/m1../s1. The summed E-state index contributed by atoms with van der Waals surface area (Å²) >= 11 is 0. The van der Waals surface area contributed by atoms with Crippen LogP contribution in [0, 0.1) is 5.41 Å². The van der Waals surface area contributed by atoms with Crippen molar-refractivity contribution in [2.45, 2.75) is 33.2 Å². The first kappa shape index (κ1) is 24.9. The van der Waals surface area contributed by atoms with Crippen molar-refractivity contribution in [1.29, 1.82) is 0 Å². The monoisotopic (exact) mass is 378 g/mol. The van der Waals surface area contributed by atoms with E-state index in [1.807, 2.05) is 39.0 Å². The summed E-state index contributed by atoms with van der Waals surface area (Å²) in [5, 5.41) is 2.60. The normalized spacial score (nSPS) is 11.5. The van der Waals surface area contributed by atoms with Crippen molar-refractivity contribution in [1.82, 2.24) is 15.2 Å². The summed E-state index contributed by atoms with van der Waals surface area (Å²) in [5.41, 5.74) is 6.44. The molecule has 0 aliphatic carbocycles. The van der Waals surface area contributed by atoms with Crippen LogP contribution in [0.3, 0.4) is 0 Å². The molecule has 0 fully saturated rings. The third-order valence-corrected chi connectivity index (χ3v) is 3.48. The molecular weight excluding hydrogens is 351 g/mol. The van der Waals surface area contributed by atoms with Crippen LogP contribution in [-0.2, 0) is 16.0 Å². The van der Waals surface area contributed by atoms with E-state index in [9.17, 15) is 9.59 Å². The van der Waals surface area contributed by atoms with E-state index in [1.54, 1.807) is 18.1 Å². The van der Waals surface area contributed by atoms with Crippen molar-refractivity contribution in [3.63, 3.8) is 0 Å². The molecule has 0 saturated heterocycles. The topological polar surface area (TPSA) is 88.3 Å². The van der Waals surface area contributed by atoms with Crippen molar-refractivity contribution in [2.24, 2.45) is 11.1 Å². The number of nitrogens with zero attached hydrogens (tertiary/aromatic N) is 2. The highest BCUT2D eigenvalue weighted by Crippen LogP contribution is 2.16. The maximum Gasteiger partial charge on any atom is 0.241 e. The van der Waals surface area contributed by atoms with Gasteiger partial charge < -0.3 is 16.0 Å². The number of hydrogen-bond acceptors (Lipinski definition) is 4. The number of halogens is 2. The first-order chi connectivity index (χ1) is 10.2. The van der Waals surface area contributed by atoms with E-state index in [-0.39, 0.29) is 48.6 Å². The molecule has 138 valence electrons. The Bertz CT molecular complexity index is 507. The van der Waals surface area contributed by atoms with E-state index < -0.39 is 6.04 Å². The fourth-order valence-electron chi connectivity index (χ4n) is 1.75. The molecule has 2 amide bonds. The lowest BCUT2D eigenvalue weighted by Crippen LogP contribution is -2.50. The highest BCUT2D eigenvalue weighted by molar-refractivity contribution is 5.87. The van der Waals surface area contributed by atoms with Gasteiger partial charge in [0.15, 0.2) is 0 Å². The van der Waals surface area contributed by atoms with Crippen molar-refractivity contribution < 1.29 is 9.59 Å². The zero-order chi connectivity index (χ0) is 16.8. The van der Waals surface area contributed by atoms with Gasteiger partial charge in [-0.3, -0.25) is 14.6 Å². The van der Waals surface area contributed by atoms with Crippen molar-refractivity contribution >= 4 is 36.6 Å². The summed E-state index contributed by atoms with van der Waals surface area (Å²) in [6.45, 7) is 6.17. The molecule has 0 spiro atoms. The SMILES string of the molecule is CN(CCc1ccccn1)C(=O)CNC(=O)[C@@H](N)C(C)(C)C.Cl.Cl. The molecule has 6 nitrogen and oxygen atoms in total. The molecule has 0 aliphatic heterocycles. The van der Waals surface area contributed by atoms with Crippen LogP contribution in [0.15, 0.2) is 24.4 Å². The van der Waals surface area contributed by atoms with Gasteiger partial charge in [0.05, 0.1) is 12.6 Å². The second kappa shape index (κ2) is 11.2. The predicted molar refractivity (Wildman–Crippen MR) is 101 cm³/mol. The lowest BCUT2D eigenvalue weighted by atomic mass is 9.87. The Morgan fingerprint density at radius 2 is 1.92 bits per heavy atom. The van der Waals surface area contributed by atoms with E-state index in [4.69, 9.17) is 5.73 Å².